The minimum atomic E-state index is -0.782. The van der Waals surface area contributed by atoms with Crippen molar-refractivity contribution in [3.8, 4) is 0 Å². The van der Waals surface area contributed by atoms with Crippen LogP contribution in [0.2, 0.25) is 0 Å². The summed E-state index contributed by atoms with van der Waals surface area (Å²) in [6.07, 6.45) is 6.84. The summed E-state index contributed by atoms with van der Waals surface area (Å²) in [5.41, 5.74) is -0.766. The predicted molar refractivity (Wildman–Crippen MR) is 82.4 cm³/mol. The Balaban J connectivity index is 1.96. The summed E-state index contributed by atoms with van der Waals surface area (Å²) in [4.78, 5) is 29.9. The van der Waals surface area contributed by atoms with Gasteiger partial charge in [0.15, 0.2) is 0 Å². The Labute approximate surface area is 131 Å². The molecule has 1 saturated heterocycles. The monoisotopic (exact) mass is 307 g/mol. The molecule has 6 heteroatoms. The quantitative estimate of drug-likeness (QED) is 0.871. The average molecular weight is 307 g/mol. The minimum Gasteiger partial charge on any atom is -0.481 e. The normalized spacial score (nSPS) is 21.8. The van der Waals surface area contributed by atoms with E-state index in [-0.39, 0.29) is 5.91 Å². The Morgan fingerprint density at radius 2 is 2.18 bits per heavy atom. The highest BCUT2D eigenvalue weighted by Crippen LogP contribution is 2.33. The fraction of sp³-hybridized carbons (Fsp3) is 0.688. The molecule has 1 aromatic heterocycles. The van der Waals surface area contributed by atoms with Gasteiger partial charge in [0, 0.05) is 44.9 Å². The number of aliphatic carboxylic acids is 1. The standard InChI is InChI=1S/C16H25N3O3/c1-3-13-17-8-11-18(13)10-6-14(20)19-9-5-7-16(4-2,12-19)15(21)22/h8,11H,3-7,9-10,12H2,1-2H3,(H,21,22)/t16-/m0/s1. The molecule has 2 rings (SSSR count). The second kappa shape index (κ2) is 6.94. The molecule has 1 amide bonds. The fourth-order valence-electron chi connectivity index (χ4n) is 3.19. The third kappa shape index (κ3) is 3.31. The van der Waals surface area contributed by atoms with Crippen molar-refractivity contribution in [3.05, 3.63) is 18.2 Å². The van der Waals surface area contributed by atoms with Crippen LogP contribution in [0.3, 0.4) is 0 Å². The van der Waals surface area contributed by atoms with Crippen LogP contribution in [0.25, 0.3) is 0 Å². The van der Waals surface area contributed by atoms with Crippen LogP contribution in [0.15, 0.2) is 12.4 Å². The summed E-state index contributed by atoms with van der Waals surface area (Å²) < 4.78 is 1.99. The maximum absolute atomic E-state index is 12.4. The van der Waals surface area contributed by atoms with Crippen molar-refractivity contribution < 1.29 is 14.7 Å². The third-order valence-corrected chi connectivity index (χ3v) is 4.74. The van der Waals surface area contributed by atoms with Crippen LogP contribution in [0.1, 0.15) is 45.4 Å². The zero-order chi connectivity index (χ0) is 16.2. The van der Waals surface area contributed by atoms with Crippen molar-refractivity contribution in [2.75, 3.05) is 13.1 Å². The molecule has 0 bridgehead atoms. The Morgan fingerprint density at radius 3 is 2.82 bits per heavy atom. The largest absolute Gasteiger partial charge is 0.481 e. The maximum atomic E-state index is 12.4. The number of aromatic nitrogens is 2. The first-order valence-corrected chi connectivity index (χ1v) is 8.03. The van der Waals surface area contributed by atoms with E-state index in [2.05, 4.69) is 4.98 Å². The van der Waals surface area contributed by atoms with Crippen molar-refractivity contribution in [2.45, 2.75) is 52.5 Å². The van der Waals surface area contributed by atoms with Gasteiger partial charge in [-0.1, -0.05) is 13.8 Å². The average Bonchev–Trinajstić information content (AvgIpc) is 2.99. The minimum absolute atomic E-state index is 0.0366. The lowest BCUT2D eigenvalue weighted by atomic mass is 9.77. The van der Waals surface area contributed by atoms with Gasteiger partial charge in [0.2, 0.25) is 5.91 Å². The second-order valence-corrected chi connectivity index (χ2v) is 6.00. The molecule has 1 N–H and O–H groups in total. The van der Waals surface area contributed by atoms with Crippen molar-refractivity contribution >= 4 is 11.9 Å². The number of carbonyl (C=O) groups excluding carboxylic acids is 1. The molecule has 1 aliphatic rings. The highest BCUT2D eigenvalue weighted by molar-refractivity contribution is 5.79. The van der Waals surface area contributed by atoms with E-state index in [0.29, 0.717) is 38.9 Å². The smallest absolute Gasteiger partial charge is 0.311 e. The fourth-order valence-corrected chi connectivity index (χ4v) is 3.19. The third-order valence-electron chi connectivity index (χ3n) is 4.74. The summed E-state index contributed by atoms with van der Waals surface area (Å²) >= 11 is 0. The number of hydrogen-bond acceptors (Lipinski definition) is 3. The SMILES string of the molecule is CCc1nccn1CCC(=O)N1CCC[C@](CC)(C(=O)O)C1. The predicted octanol–water partition coefficient (Wildman–Crippen LogP) is 1.94. The molecule has 1 aromatic rings. The van der Waals surface area contributed by atoms with E-state index >= 15 is 0 Å². The molecule has 6 nitrogen and oxygen atoms in total. The number of carboxylic acids is 1. The molecule has 1 fully saturated rings. The zero-order valence-corrected chi connectivity index (χ0v) is 13.4. The van der Waals surface area contributed by atoms with Crippen molar-refractivity contribution in [1.82, 2.24) is 14.5 Å². The van der Waals surface area contributed by atoms with Gasteiger partial charge in [-0.25, -0.2) is 4.98 Å². The Morgan fingerprint density at radius 1 is 1.41 bits per heavy atom. The topological polar surface area (TPSA) is 75.4 Å². The molecule has 1 atom stereocenters. The number of carboxylic acid groups (broad SMARTS) is 1. The number of imidazole rings is 1. The van der Waals surface area contributed by atoms with Crippen LogP contribution in [-0.4, -0.2) is 44.5 Å². The van der Waals surface area contributed by atoms with Crippen LogP contribution in [0, 0.1) is 5.41 Å². The van der Waals surface area contributed by atoms with Crippen LogP contribution in [0.5, 0.6) is 0 Å². The molecule has 0 unspecified atom stereocenters. The molecule has 0 aliphatic carbocycles. The van der Waals surface area contributed by atoms with Gasteiger partial charge in [0.05, 0.1) is 5.41 Å². The lowest BCUT2D eigenvalue weighted by Gasteiger charge is -2.39. The van der Waals surface area contributed by atoms with Gasteiger partial charge in [0.25, 0.3) is 0 Å². The van der Waals surface area contributed by atoms with Gasteiger partial charge in [-0.3, -0.25) is 9.59 Å². The van der Waals surface area contributed by atoms with Crippen LogP contribution < -0.4 is 0 Å². The molecule has 0 spiro atoms. The van der Waals surface area contributed by atoms with Gasteiger partial charge in [0.1, 0.15) is 5.82 Å². The van der Waals surface area contributed by atoms with E-state index in [4.69, 9.17) is 0 Å². The van der Waals surface area contributed by atoms with Crippen LogP contribution in [-0.2, 0) is 22.6 Å². The van der Waals surface area contributed by atoms with Crippen molar-refractivity contribution in [2.24, 2.45) is 5.41 Å². The van der Waals surface area contributed by atoms with E-state index in [1.165, 1.54) is 0 Å². The van der Waals surface area contributed by atoms with Crippen molar-refractivity contribution in [1.29, 1.82) is 0 Å². The molecule has 122 valence electrons. The molecule has 1 aliphatic heterocycles. The van der Waals surface area contributed by atoms with Crippen LogP contribution in [0.4, 0.5) is 0 Å². The van der Waals surface area contributed by atoms with Gasteiger partial charge >= 0.3 is 5.97 Å². The number of hydrogen-bond donors (Lipinski definition) is 1. The number of carbonyl (C=O) groups is 2. The molecule has 0 saturated carbocycles. The number of amides is 1. The first-order chi connectivity index (χ1) is 10.5. The Bertz CT molecular complexity index is 540. The second-order valence-electron chi connectivity index (χ2n) is 6.00. The van der Waals surface area contributed by atoms with E-state index in [0.717, 1.165) is 18.7 Å². The Kier molecular flexibility index (Phi) is 5.21. The molecule has 0 radical (unpaired) electrons. The van der Waals surface area contributed by atoms with Gasteiger partial charge in [-0.05, 0) is 19.3 Å². The number of rotatable bonds is 6. The van der Waals surface area contributed by atoms with Gasteiger partial charge in [-0.15, -0.1) is 0 Å². The summed E-state index contributed by atoms with van der Waals surface area (Å²) in [6.45, 7) is 5.53. The molecule has 0 aromatic carbocycles. The van der Waals surface area contributed by atoms with E-state index in [1.54, 1.807) is 11.1 Å². The summed E-state index contributed by atoms with van der Waals surface area (Å²) in [5.74, 6) is 0.227. The number of piperidine rings is 1. The summed E-state index contributed by atoms with van der Waals surface area (Å²) in [7, 11) is 0. The molecular weight excluding hydrogens is 282 g/mol. The Hall–Kier alpha value is -1.85. The lowest BCUT2D eigenvalue weighted by Crippen LogP contribution is -2.49. The molecule has 22 heavy (non-hydrogen) atoms. The molecule has 2 heterocycles. The van der Waals surface area contributed by atoms with Crippen molar-refractivity contribution in [3.63, 3.8) is 0 Å². The highest BCUT2D eigenvalue weighted by atomic mass is 16.4. The maximum Gasteiger partial charge on any atom is 0.311 e. The van der Waals surface area contributed by atoms with Gasteiger partial charge < -0.3 is 14.6 Å². The summed E-state index contributed by atoms with van der Waals surface area (Å²) in [5, 5.41) is 9.49. The van der Waals surface area contributed by atoms with E-state index in [1.807, 2.05) is 24.6 Å². The zero-order valence-electron chi connectivity index (χ0n) is 13.4. The number of nitrogens with zero attached hydrogens (tertiary/aromatic N) is 3. The van der Waals surface area contributed by atoms with Crippen LogP contribution >= 0.6 is 0 Å². The highest BCUT2D eigenvalue weighted by Gasteiger charge is 2.41. The summed E-state index contributed by atoms with van der Waals surface area (Å²) in [6, 6.07) is 0. The first-order valence-electron chi connectivity index (χ1n) is 8.03. The van der Waals surface area contributed by atoms with E-state index < -0.39 is 11.4 Å². The molecular formula is C16H25N3O3. The first kappa shape index (κ1) is 16.5. The lowest BCUT2D eigenvalue weighted by molar-refractivity contribution is -0.155. The number of aryl methyl sites for hydroxylation is 2. The van der Waals surface area contributed by atoms with Gasteiger partial charge in [-0.2, -0.15) is 0 Å². The van der Waals surface area contributed by atoms with E-state index in [9.17, 15) is 14.7 Å². The number of likely N-dealkylation sites (tertiary alicyclic amines) is 1.